The molecule has 3 heteroatoms. The topological polar surface area (TPSA) is 35.5 Å². The Morgan fingerprint density at radius 2 is 1.45 bits per heavy atom. The Labute approximate surface area is 119 Å². The lowest BCUT2D eigenvalue weighted by Gasteiger charge is -2.07. The van der Waals surface area contributed by atoms with Crippen molar-refractivity contribution < 1.29 is 14.3 Å². The smallest absolute Gasteiger partial charge is 0.134 e. The second-order valence-corrected chi connectivity index (χ2v) is 4.66. The molecule has 0 aliphatic rings. The normalized spacial score (nSPS) is 10.1. The minimum Gasteiger partial charge on any atom is -0.497 e. The third kappa shape index (κ3) is 4.12. The minimum absolute atomic E-state index is 0.164. The second-order valence-electron chi connectivity index (χ2n) is 4.66. The zero-order valence-corrected chi connectivity index (χ0v) is 11.8. The Morgan fingerprint density at radius 3 is 2.00 bits per heavy atom. The maximum Gasteiger partial charge on any atom is 0.134 e. The third-order valence-corrected chi connectivity index (χ3v) is 2.94. The van der Waals surface area contributed by atoms with Crippen LogP contribution >= 0.6 is 0 Å². The fraction of sp³-hybridized carbons (Fsp3) is 0.235. The SMILES string of the molecule is COc1ccc(COc2ccc(CC(C)=O)cc2)cc1. The predicted molar refractivity (Wildman–Crippen MR) is 78.2 cm³/mol. The summed E-state index contributed by atoms with van der Waals surface area (Å²) >= 11 is 0. The van der Waals surface area contributed by atoms with E-state index in [1.807, 2.05) is 48.5 Å². The molecule has 0 radical (unpaired) electrons. The van der Waals surface area contributed by atoms with Crippen LogP contribution in [-0.2, 0) is 17.8 Å². The first kappa shape index (κ1) is 14.1. The molecule has 0 aromatic heterocycles. The molecule has 0 saturated heterocycles. The van der Waals surface area contributed by atoms with Crippen molar-refractivity contribution in [3.8, 4) is 11.5 Å². The quantitative estimate of drug-likeness (QED) is 0.807. The molecule has 2 aromatic rings. The summed E-state index contributed by atoms with van der Waals surface area (Å²) in [6, 6.07) is 15.4. The van der Waals surface area contributed by atoms with Gasteiger partial charge in [-0.15, -0.1) is 0 Å². The summed E-state index contributed by atoms with van der Waals surface area (Å²) in [6.07, 6.45) is 0.471. The number of ether oxygens (including phenoxy) is 2. The third-order valence-electron chi connectivity index (χ3n) is 2.94. The molecule has 0 fully saturated rings. The van der Waals surface area contributed by atoms with E-state index in [-0.39, 0.29) is 5.78 Å². The molecule has 0 atom stereocenters. The average molecular weight is 270 g/mol. The van der Waals surface area contributed by atoms with Crippen molar-refractivity contribution in [3.63, 3.8) is 0 Å². The molecule has 0 N–H and O–H groups in total. The molecule has 0 spiro atoms. The molecule has 0 aliphatic carbocycles. The summed E-state index contributed by atoms with van der Waals surface area (Å²) in [7, 11) is 1.65. The summed E-state index contributed by atoms with van der Waals surface area (Å²) in [4.78, 5) is 11.0. The molecule has 3 nitrogen and oxygen atoms in total. The summed E-state index contributed by atoms with van der Waals surface area (Å²) < 4.78 is 10.8. The molecule has 20 heavy (non-hydrogen) atoms. The highest BCUT2D eigenvalue weighted by Gasteiger charge is 2.00. The van der Waals surface area contributed by atoms with Gasteiger partial charge in [-0.25, -0.2) is 0 Å². The van der Waals surface area contributed by atoms with Gasteiger partial charge in [0, 0.05) is 6.42 Å². The summed E-state index contributed by atoms with van der Waals surface area (Å²) in [5, 5.41) is 0. The van der Waals surface area contributed by atoms with Gasteiger partial charge in [0.05, 0.1) is 7.11 Å². The number of hydrogen-bond donors (Lipinski definition) is 0. The number of hydrogen-bond acceptors (Lipinski definition) is 3. The largest absolute Gasteiger partial charge is 0.497 e. The Balaban J connectivity index is 1.91. The maximum atomic E-state index is 11.0. The number of benzene rings is 2. The van der Waals surface area contributed by atoms with Gasteiger partial charge in [0.1, 0.15) is 23.9 Å². The molecule has 104 valence electrons. The first-order chi connectivity index (χ1) is 9.67. The fourth-order valence-electron chi connectivity index (χ4n) is 1.88. The van der Waals surface area contributed by atoms with E-state index in [1.54, 1.807) is 14.0 Å². The van der Waals surface area contributed by atoms with Gasteiger partial charge in [-0.3, -0.25) is 4.79 Å². The van der Waals surface area contributed by atoms with Gasteiger partial charge < -0.3 is 9.47 Å². The van der Waals surface area contributed by atoms with E-state index in [0.29, 0.717) is 13.0 Å². The lowest BCUT2D eigenvalue weighted by Crippen LogP contribution is -1.98. The van der Waals surface area contributed by atoms with Gasteiger partial charge in [0.15, 0.2) is 0 Å². The van der Waals surface area contributed by atoms with Crippen LogP contribution in [0.4, 0.5) is 0 Å². The Kier molecular flexibility index (Phi) is 4.77. The van der Waals surface area contributed by atoms with E-state index in [4.69, 9.17) is 9.47 Å². The molecule has 0 saturated carbocycles. The fourth-order valence-corrected chi connectivity index (χ4v) is 1.88. The van der Waals surface area contributed by atoms with Gasteiger partial charge in [-0.1, -0.05) is 24.3 Å². The van der Waals surface area contributed by atoms with Crippen LogP contribution in [0.25, 0.3) is 0 Å². The van der Waals surface area contributed by atoms with Crippen molar-refractivity contribution in [1.82, 2.24) is 0 Å². The lowest BCUT2D eigenvalue weighted by atomic mass is 10.1. The Morgan fingerprint density at radius 1 is 0.900 bits per heavy atom. The molecule has 2 aromatic carbocycles. The van der Waals surface area contributed by atoms with Crippen molar-refractivity contribution in [1.29, 1.82) is 0 Å². The zero-order chi connectivity index (χ0) is 14.4. The van der Waals surface area contributed by atoms with Crippen LogP contribution in [0.1, 0.15) is 18.1 Å². The standard InChI is InChI=1S/C17H18O3/c1-13(18)11-14-3-9-17(10-4-14)20-12-15-5-7-16(19-2)8-6-15/h3-10H,11-12H2,1-2H3. The first-order valence-corrected chi connectivity index (χ1v) is 6.51. The van der Waals surface area contributed by atoms with Gasteiger partial charge in [-0.2, -0.15) is 0 Å². The highest BCUT2D eigenvalue weighted by atomic mass is 16.5. The van der Waals surface area contributed by atoms with Gasteiger partial charge in [-0.05, 0) is 42.3 Å². The van der Waals surface area contributed by atoms with Crippen LogP contribution in [0.5, 0.6) is 11.5 Å². The molecule has 0 amide bonds. The number of methoxy groups -OCH3 is 1. The van der Waals surface area contributed by atoms with Crippen LogP contribution in [0.3, 0.4) is 0 Å². The van der Waals surface area contributed by atoms with Gasteiger partial charge in [0.2, 0.25) is 0 Å². The monoisotopic (exact) mass is 270 g/mol. The van der Waals surface area contributed by atoms with E-state index in [0.717, 1.165) is 22.6 Å². The van der Waals surface area contributed by atoms with E-state index in [2.05, 4.69) is 0 Å². The zero-order valence-electron chi connectivity index (χ0n) is 11.8. The van der Waals surface area contributed by atoms with Crippen LogP contribution in [0.2, 0.25) is 0 Å². The van der Waals surface area contributed by atoms with Crippen LogP contribution in [-0.4, -0.2) is 12.9 Å². The predicted octanol–water partition coefficient (Wildman–Crippen LogP) is 3.41. The van der Waals surface area contributed by atoms with Crippen molar-refractivity contribution in [3.05, 3.63) is 59.7 Å². The van der Waals surface area contributed by atoms with Crippen molar-refractivity contribution in [2.24, 2.45) is 0 Å². The highest BCUT2D eigenvalue weighted by molar-refractivity contribution is 5.78. The molecular weight excluding hydrogens is 252 g/mol. The second kappa shape index (κ2) is 6.75. The Bertz CT molecular complexity index is 556. The number of ketones is 1. The highest BCUT2D eigenvalue weighted by Crippen LogP contribution is 2.16. The molecule has 0 unspecified atom stereocenters. The van der Waals surface area contributed by atoms with E-state index >= 15 is 0 Å². The summed E-state index contributed by atoms with van der Waals surface area (Å²) in [5.41, 5.74) is 2.09. The van der Waals surface area contributed by atoms with E-state index in [1.165, 1.54) is 0 Å². The molecule has 0 aliphatic heterocycles. The van der Waals surface area contributed by atoms with Gasteiger partial charge in [0.25, 0.3) is 0 Å². The van der Waals surface area contributed by atoms with Crippen molar-refractivity contribution >= 4 is 5.78 Å². The number of Topliss-reactive ketones (excluding diaryl/α,β-unsaturated/α-hetero) is 1. The average Bonchev–Trinajstić information content (AvgIpc) is 2.46. The molecule has 0 heterocycles. The summed E-state index contributed by atoms with van der Waals surface area (Å²) in [5.74, 6) is 1.80. The van der Waals surface area contributed by atoms with Crippen molar-refractivity contribution in [2.75, 3.05) is 7.11 Å². The number of rotatable bonds is 6. The van der Waals surface area contributed by atoms with Crippen LogP contribution in [0, 0.1) is 0 Å². The molecule has 0 bridgehead atoms. The molecule has 2 rings (SSSR count). The van der Waals surface area contributed by atoms with Crippen molar-refractivity contribution in [2.45, 2.75) is 20.0 Å². The molecular formula is C17H18O3. The number of carbonyl (C=O) groups excluding carboxylic acids is 1. The maximum absolute atomic E-state index is 11.0. The van der Waals surface area contributed by atoms with E-state index < -0.39 is 0 Å². The minimum atomic E-state index is 0.164. The van der Waals surface area contributed by atoms with Crippen LogP contribution in [0.15, 0.2) is 48.5 Å². The van der Waals surface area contributed by atoms with Gasteiger partial charge >= 0.3 is 0 Å². The van der Waals surface area contributed by atoms with Crippen LogP contribution < -0.4 is 9.47 Å². The van der Waals surface area contributed by atoms with E-state index in [9.17, 15) is 4.79 Å². The Hall–Kier alpha value is -2.29. The number of carbonyl (C=O) groups is 1. The summed E-state index contributed by atoms with van der Waals surface area (Å²) in [6.45, 7) is 2.10. The first-order valence-electron chi connectivity index (χ1n) is 6.51. The lowest BCUT2D eigenvalue weighted by molar-refractivity contribution is -0.116.